The minimum atomic E-state index is -0.0438. The molecular formula is C17H21NO3. The van der Waals surface area contributed by atoms with Gasteiger partial charge in [0.25, 0.3) is 5.91 Å². The van der Waals surface area contributed by atoms with Gasteiger partial charge in [-0.25, -0.2) is 0 Å². The molecule has 1 amide bonds. The summed E-state index contributed by atoms with van der Waals surface area (Å²) in [4.78, 5) is 14.4. The second-order valence-corrected chi connectivity index (χ2v) is 5.88. The molecule has 21 heavy (non-hydrogen) atoms. The van der Waals surface area contributed by atoms with Crippen LogP contribution in [0.2, 0.25) is 0 Å². The van der Waals surface area contributed by atoms with Crippen LogP contribution in [0.25, 0.3) is 11.0 Å². The van der Waals surface area contributed by atoms with Gasteiger partial charge in [0, 0.05) is 24.5 Å². The second-order valence-electron chi connectivity index (χ2n) is 5.88. The first-order chi connectivity index (χ1) is 10.1. The third-order valence-corrected chi connectivity index (χ3v) is 4.45. The van der Waals surface area contributed by atoms with Gasteiger partial charge in [0.2, 0.25) is 0 Å². The number of hydrogen-bond acceptors (Lipinski definition) is 3. The summed E-state index contributed by atoms with van der Waals surface area (Å²) in [5, 5.41) is 0.940. The highest BCUT2D eigenvalue weighted by Gasteiger charge is 2.26. The standard InChI is InChI=1S/C17H21NO3/c1-11-13-8-5-9-14(20-3)16(13)21-15(11)17(19)18(2)10-12-6-4-7-12/h5,8-9,12H,4,6-7,10H2,1-3H3. The number of furan rings is 1. The molecule has 0 spiro atoms. The minimum Gasteiger partial charge on any atom is -0.493 e. The van der Waals surface area contributed by atoms with Crippen LogP contribution >= 0.6 is 0 Å². The van der Waals surface area contributed by atoms with E-state index in [1.54, 1.807) is 12.0 Å². The maximum Gasteiger partial charge on any atom is 0.289 e. The van der Waals surface area contributed by atoms with Crippen molar-refractivity contribution in [3.8, 4) is 5.75 Å². The predicted octanol–water partition coefficient (Wildman–Crippen LogP) is 3.62. The largest absolute Gasteiger partial charge is 0.493 e. The first kappa shape index (κ1) is 14.0. The summed E-state index contributed by atoms with van der Waals surface area (Å²) in [6.45, 7) is 2.74. The summed E-state index contributed by atoms with van der Waals surface area (Å²) in [6, 6.07) is 5.72. The number of carbonyl (C=O) groups excluding carboxylic acids is 1. The zero-order chi connectivity index (χ0) is 15.0. The second kappa shape index (κ2) is 5.43. The monoisotopic (exact) mass is 287 g/mol. The molecule has 0 atom stereocenters. The highest BCUT2D eigenvalue weighted by molar-refractivity contribution is 6.00. The number of nitrogens with zero attached hydrogens (tertiary/aromatic N) is 1. The molecule has 0 saturated heterocycles. The van der Waals surface area contributed by atoms with Crippen LogP contribution in [0.15, 0.2) is 22.6 Å². The van der Waals surface area contributed by atoms with E-state index in [0.717, 1.165) is 17.5 Å². The number of fused-ring (bicyclic) bond motifs is 1. The topological polar surface area (TPSA) is 42.7 Å². The van der Waals surface area contributed by atoms with Crippen molar-refractivity contribution in [1.29, 1.82) is 0 Å². The summed E-state index contributed by atoms with van der Waals surface area (Å²) >= 11 is 0. The molecule has 3 rings (SSSR count). The van der Waals surface area contributed by atoms with E-state index in [9.17, 15) is 4.79 Å². The van der Waals surface area contributed by atoms with E-state index in [2.05, 4.69) is 0 Å². The number of rotatable bonds is 4. The van der Waals surface area contributed by atoms with Crippen LogP contribution in [0, 0.1) is 12.8 Å². The summed E-state index contributed by atoms with van der Waals surface area (Å²) < 4.78 is 11.1. The normalized spacial score (nSPS) is 15.0. The lowest BCUT2D eigenvalue weighted by Crippen LogP contribution is -2.34. The van der Waals surface area contributed by atoms with Gasteiger partial charge < -0.3 is 14.1 Å². The smallest absolute Gasteiger partial charge is 0.289 e. The Morgan fingerprint density at radius 3 is 2.81 bits per heavy atom. The SMILES string of the molecule is COc1cccc2c(C)c(C(=O)N(C)CC3CCC3)oc12. The first-order valence-corrected chi connectivity index (χ1v) is 7.43. The van der Waals surface area contributed by atoms with Crippen molar-refractivity contribution >= 4 is 16.9 Å². The summed E-state index contributed by atoms with van der Waals surface area (Å²) in [5.41, 5.74) is 1.53. The Bertz CT molecular complexity index is 670. The van der Waals surface area contributed by atoms with E-state index in [0.29, 0.717) is 23.0 Å². The molecule has 1 fully saturated rings. The van der Waals surface area contributed by atoms with Crippen molar-refractivity contribution in [3.63, 3.8) is 0 Å². The lowest BCUT2D eigenvalue weighted by atomic mass is 9.85. The molecule has 0 radical (unpaired) electrons. The van der Waals surface area contributed by atoms with E-state index in [4.69, 9.17) is 9.15 Å². The maximum absolute atomic E-state index is 12.6. The average molecular weight is 287 g/mol. The van der Waals surface area contributed by atoms with Gasteiger partial charge in [-0.2, -0.15) is 0 Å². The van der Waals surface area contributed by atoms with Gasteiger partial charge in [0.1, 0.15) is 0 Å². The maximum atomic E-state index is 12.6. The molecule has 1 aromatic heterocycles. The molecule has 1 aromatic carbocycles. The molecule has 112 valence electrons. The van der Waals surface area contributed by atoms with E-state index in [1.807, 2.05) is 32.2 Å². The van der Waals surface area contributed by atoms with Crippen LogP contribution in [0.5, 0.6) is 5.75 Å². The zero-order valence-corrected chi connectivity index (χ0v) is 12.8. The Balaban J connectivity index is 1.92. The van der Waals surface area contributed by atoms with Crippen LogP contribution in [0.3, 0.4) is 0 Å². The van der Waals surface area contributed by atoms with Gasteiger partial charge in [-0.3, -0.25) is 4.79 Å². The van der Waals surface area contributed by atoms with Crippen molar-refractivity contribution in [3.05, 3.63) is 29.5 Å². The van der Waals surface area contributed by atoms with Gasteiger partial charge in [-0.15, -0.1) is 0 Å². The minimum absolute atomic E-state index is 0.0438. The van der Waals surface area contributed by atoms with Crippen molar-refractivity contribution < 1.29 is 13.9 Å². The third kappa shape index (κ3) is 2.39. The van der Waals surface area contributed by atoms with Crippen molar-refractivity contribution in [1.82, 2.24) is 4.90 Å². The lowest BCUT2D eigenvalue weighted by molar-refractivity contribution is 0.0715. The van der Waals surface area contributed by atoms with E-state index >= 15 is 0 Å². The Hall–Kier alpha value is -1.97. The van der Waals surface area contributed by atoms with Crippen LogP contribution in [-0.2, 0) is 0 Å². The number of methoxy groups -OCH3 is 1. The number of carbonyl (C=O) groups is 1. The molecule has 2 aromatic rings. The molecule has 1 heterocycles. The number of para-hydroxylation sites is 1. The molecule has 0 N–H and O–H groups in total. The highest BCUT2D eigenvalue weighted by atomic mass is 16.5. The molecular weight excluding hydrogens is 266 g/mol. The predicted molar refractivity (Wildman–Crippen MR) is 81.8 cm³/mol. The Morgan fingerprint density at radius 1 is 1.43 bits per heavy atom. The average Bonchev–Trinajstić information content (AvgIpc) is 2.79. The van der Waals surface area contributed by atoms with Gasteiger partial charge in [0.05, 0.1) is 7.11 Å². The Morgan fingerprint density at radius 2 is 2.19 bits per heavy atom. The fourth-order valence-corrected chi connectivity index (χ4v) is 2.90. The molecule has 1 saturated carbocycles. The van der Waals surface area contributed by atoms with Gasteiger partial charge >= 0.3 is 0 Å². The van der Waals surface area contributed by atoms with Gasteiger partial charge in [0.15, 0.2) is 17.1 Å². The molecule has 1 aliphatic rings. The molecule has 0 bridgehead atoms. The number of amides is 1. The van der Waals surface area contributed by atoms with Crippen LogP contribution < -0.4 is 4.74 Å². The Kier molecular flexibility index (Phi) is 3.62. The number of benzene rings is 1. The molecule has 4 heteroatoms. The summed E-state index contributed by atoms with van der Waals surface area (Å²) in [5.74, 6) is 1.70. The van der Waals surface area contributed by atoms with Crippen molar-refractivity contribution in [2.45, 2.75) is 26.2 Å². The van der Waals surface area contributed by atoms with Crippen LogP contribution in [-0.4, -0.2) is 31.5 Å². The van der Waals surface area contributed by atoms with Crippen molar-refractivity contribution in [2.24, 2.45) is 5.92 Å². The van der Waals surface area contributed by atoms with Crippen LogP contribution in [0.4, 0.5) is 0 Å². The molecule has 4 nitrogen and oxygen atoms in total. The molecule has 1 aliphatic carbocycles. The Labute approximate surface area is 124 Å². The van der Waals surface area contributed by atoms with Gasteiger partial charge in [-0.1, -0.05) is 18.6 Å². The summed E-state index contributed by atoms with van der Waals surface area (Å²) in [6.07, 6.45) is 3.74. The van der Waals surface area contributed by atoms with Crippen LogP contribution in [0.1, 0.15) is 35.4 Å². The summed E-state index contributed by atoms with van der Waals surface area (Å²) in [7, 11) is 3.46. The number of hydrogen-bond donors (Lipinski definition) is 0. The third-order valence-electron chi connectivity index (χ3n) is 4.45. The van der Waals surface area contributed by atoms with Crippen molar-refractivity contribution in [2.75, 3.05) is 20.7 Å². The first-order valence-electron chi connectivity index (χ1n) is 7.43. The molecule has 0 aliphatic heterocycles. The number of aryl methyl sites for hydroxylation is 1. The quantitative estimate of drug-likeness (QED) is 0.862. The fourth-order valence-electron chi connectivity index (χ4n) is 2.90. The molecule has 0 unspecified atom stereocenters. The zero-order valence-electron chi connectivity index (χ0n) is 12.8. The van der Waals surface area contributed by atoms with E-state index in [1.165, 1.54) is 19.3 Å². The lowest BCUT2D eigenvalue weighted by Gasteiger charge is -2.29. The van der Waals surface area contributed by atoms with E-state index < -0.39 is 0 Å². The fraction of sp³-hybridized carbons (Fsp3) is 0.471. The number of ether oxygens (including phenoxy) is 1. The highest BCUT2D eigenvalue weighted by Crippen LogP contribution is 2.33. The van der Waals surface area contributed by atoms with E-state index in [-0.39, 0.29) is 5.91 Å². The van der Waals surface area contributed by atoms with Gasteiger partial charge in [-0.05, 0) is 31.7 Å².